The molecule has 7 heteroatoms. The standard InChI is InChI=1S/C21H25N5O2/c1-24-10-5-11-25(13-12-24)15-20-23-17-14-22-9-8-16(17)21(27)26(20)18-6-3-4-7-19(18)28-2/h3-4,6-9,14H,5,10-13,15H2,1-2H3. The smallest absolute Gasteiger partial charge is 0.266 e. The highest BCUT2D eigenvalue weighted by Gasteiger charge is 2.19. The van der Waals surface area contributed by atoms with Gasteiger partial charge in [0, 0.05) is 19.3 Å². The summed E-state index contributed by atoms with van der Waals surface area (Å²) in [5.41, 5.74) is 1.24. The van der Waals surface area contributed by atoms with E-state index in [1.807, 2.05) is 24.3 Å². The minimum absolute atomic E-state index is 0.0983. The van der Waals surface area contributed by atoms with E-state index in [-0.39, 0.29) is 5.56 Å². The summed E-state index contributed by atoms with van der Waals surface area (Å²) in [5.74, 6) is 1.36. The molecule has 1 saturated heterocycles. The van der Waals surface area contributed by atoms with Crippen molar-refractivity contribution in [2.75, 3.05) is 40.3 Å². The molecule has 0 saturated carbocycles. The van der Waals surface area contributed by atoms with Gasteiger partial charge in [-0.2, -0.15) is 0 Å². The van der Waals surface area contributed by atoms with E-state index < -0.39 is 0 Å². The van der Waals surface area contributed by atoms with Crippen molar-refractivity contribution < 1.29 is 4.74 Å². The molecule has 1 aliphatic heterocycles. The van der Waals surface area contributed by atoms with E-state index >= 15 is 0 Å². The molecule has 146 valence electrons. The molecule has 0 amide bonds. The second-order valence-corrected chi connectivity index (χ2v) is 7.17. The van der Waals surface area contributed by atoms with Crippen LogP contribution in [0, 0.1) is 0 Å². The largest absolute Gasteiger partial charge is 0.495 e. The Bertz CT molecular complexity index is 1030. The molecule has 7 nitrogen and oxygen atoms in total. The summed E-state index contributed by atoms with van der Waals surface area (Å²) in [5, 5.41) is 0.556. The molecular weight excluding hydrogens is 354 g/mol. The van der Waals surface area contributed by atoms with Crippen LogP contribution in [0.4, 0.5) is 0 Å². The molecule has 0 atom stereocenters. The topological polar surface area (TPSA) is 63.5 Å². The Hall–Kier alpha value is -2.77. The van der Waals surface area contributed by atoms with Crippen molar-refractivity contribution in [3.8, 4) is 11.4 Å². The van der Waals surface area contributed by atoms with Gasteiger partial charge < -0.3 is 9.64 Å². The van der Waals surface area contributed by atoms with E-state index in [0.29, 0.717) is 34.7 Å². The second-order valence-electron chi connectivity index (χ2n) is 7.17. The van der Waals surface area contributed by atoms with Gasteiger partial charge in [0.25, 0.3) is 5.56 Å². The van der Waals surface area contributed by atoms with E-state index in [1.165, 1.54) is 0 Å². The van der Waals surface area contributed by atoms with Gasteiger partial charge >= 0.3 is 0 Å². The average molecular weight is 379 g/mol. The Morgan fingerprint density at radius 1 is 1.11 bits per heavy atom. The molecule has 0 radical (unpaired) electrons. The Labute approximate surface area is 164 Å². The van der Waals surface area contributed by atoms with Crippen molar-refractivity contribution in [3.05, 3.63) is 58.9 Å². The van der Waals surface area contributed by atoms with Crippen LogP contribution in [0.15, 0.2) is 47.5 Å². The van der Waals surface area contributed by atoms with Crippen LogP contribution in [0.1, 0.15) is 12.2 Å². The molecule has 3 heterocycles. The Kier molecular flexibility index (Phi) is 5.36. The lowest BCUT2D eigenvalue weighted by atomic mass is 10.2. The molecule has 2 aromatic heterocycles. The zero-order valence-electron chi connectivity index (χ0n) is 16.3. The fourth-order valence-electron chi connectivity index (χ4n) is 3.71. The van der Waals surface area contributed by atoms with Gasteiger partial charge in [-0.15, -0.1) is 0 Å². The zero-order valence-corrected chi connectivity index (χ0v) is 16.3. The maximum atomic E-state index is 13.4. The number of aromatic nitrogens is 3. The van der Waals surface area contributed by atoms with Crippen LogP contribution in [0.25, 0.3) is 16.6 Å². The molecule has 3 aromatic rings. The molecular formula is C21H25N5O2. The summed E-state index contributed by atoms with van der Waals surface area (Å²) in [6, 6.07) is 9.29. The summed E-state index contributed by atoms with van der Waals surface area (Å²) < 4.78 is 7.22. The number of fused-ring (bicyclic) bond motifs is 1. The number of ether oxygens (including phenoxy) is 1. The number of nitrogens with zero attached hydrogens (tertiary/aromatic N) is 5. The SMILES string of the molecule is COc1ccccc1-n1c(CN2CCCN(C)CC2)nc2cnccc2c1=O. The molecule has 0 aliphatic carbocycles. The van der Waals surface area contributed by atoms with E-state index in [2.05, 4.69) is 21.8 Å². The fraction of sp³-hybridized carbons (Fsp3) is 0.381. The third-order valence-corrected chi connectivity index (χ3v) is 5.24. The molecule has 0 spiro atoms. The minimum Gasteiger partial charge on any atom is -0.495 e. The molecule has 1 aromatic carbocycles. The minimum atomic E-state index is -0.0983. The molecule has 28 heavy (non-hydrogen) atoms. The first-order valence-electron chi connectivity index (χ1n) is 9.57. The lowest BCUT2D eigenvalue weighted by molar-refractivity contribution is 0.261. The molecule has 4 rings (SSSR count). The molecule has 0 bridgehead atoms. The van der Waals surface area contributed by atoms with Gasteiger partial charge in [0.2, 0.25) is 0 Å². The number of para-hydroxylation sites is 2. The number of pyridine rings is 1. The maximum Gasteiger partial charge on any atom is 0.266 e. The third-order valence-electron chi connectivity index (χ3n) is 5.24. The van der Waals surface area contributed by atoms with E-state index in [9.17, 15) is 4.79 Å². The van der Waals surface area contributed by atoms with Crippen LogP contribution in [0.3, 0.4) is 0 Å². The van der Waals surface area contributed by atoms with Gasteiger partial charge in [0.15, 0.2) is 0 Å². The van der Waals surface area contributed by atoms with Gasteiger partial charge in [-0.25, -0.2) is 4.98 Å². The first kappa shape index (κ1) is 18.6. The van der Waals surface area contributed by atoms with Crippen molar-refractivity contribution in [3.63, 3.8) is 0 Å². The van der Waals surface area contributed by atoms with Crippen LogP contribution in [-0.4, -0.2) is 64.7 Å². The van der Waals surface area contributed by atoms with Crippen LogP contribution in [0.2, 0.25) is 0 Å². The normalized spacial score (nSPS) is 16.2. The quantitative estimate of drug-likeness (QED) is 0.690. The lowest BCUT2D eigenvalue weighted by Crippen LogP contribution is -2.33. The molecule has 0 unspecified atom stereocenters. The van der Waals surface area contributed by atoms with Crippen molar-refractivity contribution in [2.24, 2.45) is 0 Å². The predicted octanol–water partition coefficient (Wildman–Crippen LogP) is 1.93. The van der Waals surface area contributed by atoms with Crippen molar-refractivity contribution >= 4 is 10.9 Å². The number of likely N-dealkylation sites (N-methyl/N-ethyl adjacent to an activating group) is 1. The van der Waals surface area contributed by atoms with Crippen LogP contribution in [0.5, 0.6) is 5.75 Å². The van der Waals surface area contributed by atoms with Crippen molar-refractivity contribution in [1.29, 1.82) is 0 Å². The molecule has 1 fully saturated rings. The summed E-state index contributed by atoms with van der Waals surface area (Å²) in [6.45, 7) is 4.63. The Morgan fingerprint density at radius 3 is 2.82 bits per heavy atom. The van der Waals surface area contributed by atoms with Crippen LogP contribution >= 0.6 is 0 Å². The molecule has 1 aliphatic rings. The lowest BCUT2D eigenvalue weighted by Gasteiger charge is -2.22. The average Bonchev–Trinajstić information content (AvgIpc) is 2.92. The van der Waals surface area contributed by atoms with Gasteiger partial charge in [0.1, 0.15) is 11.6 Å². The Morgan fingerprint density at radius 2 is 1.96 bits per heavy atom. The van der Waals surface area contributed by atoms with Crippen LogP contribution < -0.4 is 10.3 Å². The zero-order chi connectivity index (χ0) is 19.5. The van der Waals surface area contributed by atoms with E-state index in [0.717, 1.165) is 32.6 Å². The second kappa shape index (κ2) is 8.08. The highest BCUT2D eigenvalue weighted by atomic mass is 16.5. The Balaban J connectivity index is 1.85. The highest BCUT2D eigenvalue weighted by molar-refractivity contribution is 5.76. The van der Waals surface area contributed by atoms with E-state index in [1.54, 1.807) is 30.1 Å². The van der Waals surface area contributed by atoms with Crippen molar-refractivity contribution in [1.82, 2.24) is 24.3 Å². The van der Waals surface area contributed by atoms with Gasteiger partial charge in [-0.05, 0) is 44.8 Å². The highest BCUT2D eigenvalue weighted by Crippen LogP contribution is 2.23. The van der Waals surface area contributed by atoms with Gasteiger partial charge in [0.05, 0.1) is 36.4 Å². The fourth-order valence-corrected chi connectivity index (χ4v) is 3.71. The number of methoxy groups -OCH3 is 1. The number of rotatable bonds is 4. The summed E-state index contributed by atoms with van der Waals surface area (Å²) in [7, 11) is 3.76. The van der Waals surface area contributed by atoms with Crippen molar-refractivity contribution in [2.45, 2.75) is 13.0 Å². The number of hydrogen-bond acceptors (Lipinski definition) is 6. The van der Waals surface area contributed by atoms with Crippen LogP contribution in [-0.2, 0) is 6.54 Å². The maximum absolute atomic E-state index is 13.4. The predicted molar refractivity (Wildman–Crippen MR) is 109 cm³/mol. The summed E-state index contributed by atoms with van der Waals surface area (Å²) in [4.78, 5) is 27.1. The first-order valence-corrected chi connectivity index (χ1v) is 9.57. The van der Waals surface area contributed by atoms with Gasteiger partial charge in [-0.3, -0.25) is 19.2 Å². The molecule has 0 N–H and O–H groups in total. The third kappa shape index (κ3) is 3.63. The summed E-state index contributed by atoms with van der Waals surface area (Å²) >= 11 is 0. The van der Waals surface area contributed by atoms with E-state index in [4.69, 9.17) is 9.72 Å². The number of benzene rings is 1. The number of hydrogen-bond donors (Lipinski definition) is 0. The first-order chi connectivity index (χ1) is 13.7. The van der Waals surface area contributed by atoms with Gasteiger partial charge in [-0.1, -0.05) is 12.1 Å². The monoisotopic (exact) mass is 379 g/mol. The summed E-state index contributed by atoms with van der Waals surface area (Å²) in [6.07, 6.45) is 4.38.